The van der Waals surface area contributed by atoms with Crippen molar-refractivity contribution < 1.29 is 13.1 Å². The SMILES string of the molecule is CCCCCCCCCCCCOc1ccc(OS(=O)CC(C)C)cc1. The van der Waals surface area contributed by atoms with Crippen molar-refractivity contribution in [3.63, 3.8) is 0 Å². The van der Waals surface area contributed by atoms with Crippen molar-refractivity contribution in [2.75, 3.05) is 12.4 Å². The molecule has 1 rings (SSSR count). The van der Waals surface area contributed by atoms with E-state index in [0.717, 1.165) is 18.8 Å². The zero-order chi connectivity index (χ0) is 19.0. The molecule has 0 bridgehead atoms. The van der Waals surface area contributed by atoms with Gasteiger partial charge in [0.1, 0.15) is 11.5 Å². The molecule has 0 fully saturated rings. The molecule has 3 nitrogen and oxygen atoms in total. The fourth-order valence-electron chi connectivity index (χ4n) is 2.78. The van der Waals surface area contributed by atoms with Crippen LogP contribution in [-0.4, -0.2) is 16.6 Å². The molecule has 150 valence electrons. The first-order valence-electron chi connectivity index (χ1n) is 10.4. The van der Waals surface area contributed by atoms with Crippen LogP contribution >= 0.6 is 0 Å². The molecule has 1 atom stereocenters. The van der Waals surface area contributed by atoms with Crippen LogP contribution in [0.2, 0.25) is 0 Å². The number of hydrogen-bond donors (Lipinski definition) is 0. The summed E-state index contributed by atoms with van der Waals surface area (Å²) in [6, 6.07) is 7.43. The molecule has 1 unspecified atom stereocenters. The summed E-state index contributed by atoms with van der Waals surface area (Å²) in [6.45, 7) is 7.09. The van der Waals surface area contributed by atoms with E-state index in [4.69, 9.17) is 8.92 Å². The molecule has 0 aliphatic heterocycles. The standard InChI is InChI=1S/C22H38O3S/c1-4-5-6-7-8-9-10-11-12-13-18-24-21-14-16-22(17-15-21)25-26(23)19-20(2)3/h14-17,20H,4-13,18-19H2,1-3H3. The molecule has 1 aromatic rings. The Kier molecular flexibility index (Phi) is 13.3. The van der Waals surface area contributed by atoms with Crippen LogP contribution in [-0.2, 0) is 11.1 Å². The van der Waals surface area contributed by atoms with Gasteiger partial charge in [-0.1, -0.05) is 78.6 Å². The van der Waals surface area contributed by atoms with Gasteiger partial charge in [-0.05, 0) is 36.6 Å². The molecular weight excluding hydrogens is 344 g/mol. The van der Waals surface area contributed by atoms with Crippen LogP contribution in [0.25, 0.3) is 0 Å². The lowest BCUT2D eigenvalue weighted by Gasteiger charge is -2.09. The molecule has 0 N–H and O–H groups in total. The minimum absolute atomic E-state index is 0.361. The first-order valence-corrected chi connectivity index (χ1v) is 11.7. The van der Waals surface area contributed by atoms with E-state index in [9.17, 15) is 4.21 Å². The van der Waals surface area contributed by atoms with E-state index >= 15 is 0 Å². The topological polar surface area (TPSA) is 35.5 Å². The highest BCUT2D eigenvalue weighted by atomic mass is 32.2. The fraction of sp³-hybridized carbons (Fsp3) is 0.727. The minimum Gasteiger partial charge on any atom is -0.494 e. The Morgan fingerprint density at radius 3 is 1.85 bits per heavy atom. The summed E-state index contributed by atoms with van der Waals surface area (Å²) >= 11 is -1.26. The van der Waals surface area contributed by atoms with Gasteiger partial charge in [0, 0.05) is 0 Å². The van der Waals surface area contributed by atoms with Crippen molar-refractivity contribution in [2.24, 2.45) is 5.92 Å². The van der Waals surface area contributed by atoms with Gasteiger partial charge in [-0.3, -0.25) is 0 Å². The quantitative estimate of drug-likeness (QED) is 0.299. The second kappa shape index (κ2) is 15.1. The zero-order valence-electron chi connectivity index (χ0n) is 17.0. The molecule has 0 radical (unpaired) electrons. The summed E-state index contributed by atoms with van der Waals surface area (Å²) in [7, 11) is 0. The molecule has 0 spiro atoms. The van der Waals surface area contributed by atoms with E-state index < -0.39 is 11.1 Å². The zero-order valence-corrected chi connectivity index (χ0v) is 17.8. The number of ether oxygens (including phenoxy) is 1. The number of benzene rings is 1. The van der Waals surface area contributed by atoms with Gasteiger partial charge in [0.25, 0.3) is 0 Å². The van der Waals surface area contributed by atoms with E-state index in [2.05, 4.69) is 6.92 Å². The molecule has 0 aliphatic carbocycles. The van der Waals surface area contributed by atoms with Gasteiger partial charge >= 0.3 is 0 Å². The molecule has 0 saturated heterocycles. The number of unbranched alkanes of at least 4 members (excludes halogenated alkanes) is 9. The lowest BCUT2D eigenvalue weighted by atomic mass is 10.1. The summed E-state index contributed by atoms with van der Waals surface area (Å²) in [5.41, 5.74) is 0. The van der Waals surface area contributed by atoms with E-state index in [1.807, 2.05) is 38.1 Å². The maximum absolute atomic E-state index is 11.8. The Morgan fingerprint density at radius 1 is 0.808 bits per heavy atom. The molecule has 1 aromatic carbocycles. The van der Waals surface area contributed by atoms with Crippen LogP contribution in [0.3, 0.4) is 0 Å². The molecule has 0 aliphatic rings. The van der Waals surface area contributed by atoms with Crippen LogP contribution in [0.15, 0.2) is 24.3 Å². The highest BCUT2D eigenvalue weighted by Gasteiger charge is 2.06. The summed E-state index contributed by atoms with van der Waals surface area (Å²) < 4.78 is 22.9. The number of hydrogen-bond acceptors (Lipinski definition) is 3. The van der Waals surface area contributed by atoms with Crippen LogP contribution in [0.5, 0.6) is 11.5 Å². The minimum atomic E-state index is -1.26. The van der Waals surface area contributed by atoms with Crippen molar-refractivity contribution >= 4 is 11.1 Å². The molecular formula is C22H38O3S. The van der Waals surface area contributed by atoms with Crippen LogP contribution in [0.1, 0.15) is 85.0 Å². The lowest BCUT2D eigenvalue weighted by Crippen LogP contribution is -2.10. The largest absolute Gasteiger partial charge is 0.494 e. The van der Waals surface area contributed by atoms with Crippen LogP contribution in [0.4, 0.5) is 0 Å². The monoisotopic (exact) mass is 382 g/mol. The van der Waals surface area contributed by atoms with E-state index in [0.29, 0.717) is 17.4 Å². The van der Waals surface area contributed by atoms with E-state index in [1.165, 1.54) is 57.8 Å². The van der Waals surface area contributed by atoms with Gasteiger partial charge in [0.05, 0.1) is 12.4 Å². The first kappa shape index (κ1) is 23.0. The Balaban J connectivity index is 2.03. The van der Waals surface area contributed by atoms with Crippen molar-refractivity contribution in [3.05, 3.63) is 24.3 Å². The van der Waals surface area contributed by atoms with Crippen molar-refractivity contribution in [1.82, 2.24) is 0 Å². The Hall–Kier alpha value is -1.03. The van der Waals surface area contributed by atoms with Crippen molar-refractivity contribution in [3.8, 4) is 11.5 Å². The highest BCUT2D eigenvalue weighted by Crippen LogP contribution is 2.19. The molecule has 0 aromatic heterocycles. The fourth-order valence-corrected chi connectivity index (χ4v) is 3.72. The molecule has 26 heavy (non-hydrogen) atoms. The van der Waals surface area contributed by atoms with Gasteiger partial charge in [-0.25, -0.2) is 4.21 Å². The normalized spacial score (nSPS) is 12.3. The van der Waals surface area contributed by atoms with Crippen molar-refractivity contribution in [2.45, 2.75) is 85.0 Å². The van der Waals surface area contributed by atoms with E-state index in [1.54, 1.807) is 0 Å². The first-order chi connectivity index (χ1) is 12.6. The second-order valence-electron chi connectivity index (χ2n) is 7.45. The summed E-state index contributed by atoms with van der Waals surface area (Å²) in [5.74, 6) is 2.40. The van der Waals surface area contributed by atoms with Crippen LogP contribution in [0, 0.1) is 5.92 Å². The third-order valence-electron chi connectivity index (χ3n) is 4.25. The predicted octanol–water partition coefficient (Wildman–Crippen LogP) is 6.68. The van der Waals surface area contributed by atoms with Gasteiger partial charge in [-0.2, -0.15) is 0 Å². The smallest absolute Gasteiger partial charge is 0.206 e. The molecule has 4 heteroatoms. The van der Waals surface area contributed by atoms with E-state index in [-0.39, 0.29) is 0 Å². The average Bonchev–Trinajstić information content (AvgIpc) is 2.60. The third kappa shape index (κ3) is 12.3. The van der Waals surface area contributed by atoms with Gasteiger partial charge in [-0.15, -0.1) is 0 Å². The Morgan fingerprint density at radius 2 is 1.31 bits per heavy atom. The average molecular weight is 383 g/mol. The van der Waals surface area contributed by atoms with Gasteiger partial charge in [0.2, 0.25) is 11.1 Å². The summed E-state index contributed by atoms with van der Waals surface area (Å²) in [6.07, 6.45) is 13.3. The van der Waals surface area contributed by atoms with Gasteiger partial charge in [0.15, 0.2) is 0 Å². The maximum Gasteiger partial charge on any atom is 0.206 e. The molecule has 0 heterocycles. The number of rotatable bonds is 16. The third-order valence-corrected chi connectivity index (χ3v) is 5.57. The maximum atomic E-state index is 11.8. The van der Waals surface area contributed by atoms with Crippen molar-refractivity contribution in [1.29, 1.82) is 0 Å². The molecule has 0 saturated carbocycles. The lowest BCUT2D eigenvalue weighted by molar-refractivity contribution is 0.304. The van der Waals surface area contributed by atoms with Crippen LogP contribution < -0.4 is 8.92 Å². The highest BCUT2D eigenvalue weighted by molar-refractivity contribution is 7.80. The Bertz CT molecular complexity index is 471. The van der Waals surface area contributed by atoms with Gasteiger partial charge < -0.3 is 8.92 Å². The Labute approximate surface area is 163 Å². The second-order valence-corrected chi connectivity index (χ2v) is 8.56. The summed E-state index contributed by atoms with van der Waals surface area (Å²) in [5, 5.41) is 0. The molecule has 0 amide bonds. The predicted molar refractivity (Wildman–Crippen MR) is 112 cm³/mol. The summed E-state index contributed by atoms with van der Waals surface area (Å²) in [4.78, 5) is 0.